The van der Waals surface area contributed by atoms with Gasteiger partial charge in [0.05, 0.1) is 6.54 Å². The van der Waals surface area contributed by atoms with Crippen LogP contribution < -0.4 is 15.8 Å². The maximum atomic E-state index is 12.2. The van der Waals surface area contributed by atoms with Crippen molar-refractivity contribution in [3.8, 4) is 5.75 Å². The molecule has 0 aliphatic carbocycles. The summed E-state index contributed by atoms with van der Waals surface area (Å²) in [4.78, 5) is 6.73. The van der Waals surface area contributed by atoms with Gasteiger partial charge in [-0.15, -0.1) is 37.1 Å². The van der Waals surface area contributed by atoms with E-state index in [4.69, 9.17) is 5.73 Å². The first-order valence-electron chi connectivity index (χ1n) is 10.0. The van der Waals surface area contributed by atoms with Gasteiger partial charge in [-0.2, -0.15) is 0 Å². The van der Waals surface area contributed by atoms with Gasteiger partial charge in [0.15, 0.2) is 5.96 Å². The quantitative estimate of drug-likeness (QED) is 0.296. The van der Waals surface area contributed by atoms with E-state index in [0.29, 0.717) is 18.4 Å². The number of hydrogen-bond acceptors (Lipinski definition) is 3. The third-order valence-electron chi connectivity index (χ3n) is 5.09. The second-order valence-electron chi connectivity index (χ2n) is 7.47. The minimum Gasteiger partial charge on any atom is -0.406 e. The van der Waals surface area contributed by atoms with Gasteiger partial charge in [-0.1, -0.05) is 42.5 Å². The number of likely N-dealkylation sites (tertiary alicyclic amines) is 1. The van der Waals surface area contributed by atoms with Crippen LogP contribution in [0.1, 0.15) is 17.5 Å². The summed E-state index contributed by atoms with van der Waals surface area (Å²) >= 11 is 0. The summed E-state index contributed by atoms with van der Waals surface area (Å²) in [5.41, 5.74) is 8.04. The molecule has 0 amide bonds. The molecule has 3 N–H and O–H groups in total. The molecule has 1 atom stereocenters. The van der Waals surface area contributed by atoms with Crippen molar-refractivity contribution in [2.75, 3.05) is 26.2 Å². The molecule has 5 nitrogen and oxygen atoms in total. The van der Waals surface area contributed by atoms with Crippen molar-refractivity contribution in [1.29, 1.82) is 0 Å². The Bertz CT molecular complexity index is 816. The smallest absolute Gasteiger partial charge is 0.406 e. The van der Waals surface area contributed by atoms with Crippen molar-refractivity contribution >= 4 is 29.9 Å². The van der Waals surface area contributed by atoms with Crippen LogP contribution in [0.4, 0.5) is 13.2 Å². The van der Waals surface area contributed by atoms with Gasteiger partial charge in [0.1, 0.15) is 5.75 Å². The van der Waals surface area contributed by atoms with Gasteiger partial charge in [-0.05, 0) is 48.6 Å². The number of benzene rings is 2. The van der Waals surface area contributed by atoms with Gasteiger partial charge < -0.3 is 20.7 Å². The highest BCUT2D eigenvalue weighted by molar-refractivity contribution is 14.0. The number of nitrogens with two attached hydrogens (primary N) is 1. The minimum atomic E-state index is -4.69. The average Bonchev–Trinajstić information content (AvgIpc) is 3.18. The second kappa shape index (κ2) is 12.1. The summed E-state index contributed by atoms with van der Waals surface area (Å²) in [6, 6.07) is 16.1. The third-order valence-corrected chi connectivity index (χ3v) is 5.09. The summed E-state index contributed by atoms with van der Waals surface area (Å²) in [6.45, 7) is 4.23. The van der Waals surface area contributed by atoms with E-state index in [0.717, 1.165) is 44.6 Å². The molecule has 2 aromatic carbocycles. The average molecular weight is 548 g/mol. The predicted molar refractivity (Wildman–Crippen MR) is 127 cm³/mol. The Morgan fingerprint density at radius 3 is 2.48 bits per heavy atom. The molecule has 1 fully saturated rings. The lowest BCUT2D eigenvalue weighted by Crippen LogP contribution is -2.36. The molecule has 9 heteroatoms. The first-order chi connectivity index (χ1) is 14.4. The molecule has 0 saturated carbocycles. The maximum Gasteiger partial charge on any atom is 0.573 e. The Hall–Kier alpha value is -2.01. The number of guanidine groups is 1. The lowest BCUT2D eigenvalue weighted by atomic mass is 10.1. The molecule has 1 unspecified atom stereocenters. The van der Waals surface area contributed by atoms with E-state index in [9.17, 15) is 13.2 Å². The molecular weight excluding hydrogens is 520 g/mol. The van der Waals surface area contributed by atoms with Gasteiger partial charge in [0, 0.05) is 19.6 Å². The number of ether oxygens (including phenoxy) is 1. The zero-order chi connectivity index (χ0) is 21.4. The number of nitrogens with one attached hydrogen (secondary N) is 1. The van der Waals surface area contributed by atoms with E-state index in [1.165, 1.54) is 17.7 Å². The first-order valence-corrected chi connectivity index (χ1v) is 10.0. The van der Waals surface area contributed by atoms with Crippen molar-refractivity contribution in [2.45, 2.75) is 25.7 Å². The van der Waals surface area contributed by atoms with Crippen LogP contribution in [0.3, 0.4) is 0 Å². The summed E-state index contributed by atoms with van der Waals surface area (Å²) < 4.78 is 40.4. The van der Waals surface area contributed by atoms with Crippen LogP contribution in [-0.4, -0.2) is 43.4 Å². The Morgan fingerprint density at radius 1 is 1.10 bits per heavy atom. The SMILES string of the molecule is I.NC(=NCc1ccc(OC(F)(F)F)cc1)NCC1CCN(CCc2ccccc2)C1. The Kier molecular flexibility index (Phi) is 9.89. The molecule has 1 aliphatic rings. The fourth-order valence-corrected chi connectivity index (χ4v) is 3.49. The number of alkyl halides is 3. The van der Waals surface area contributed by atoms with E-state index < -0.39 is 6.36 Å². The highest BCUT2D eigenvalue weighted by Crippen LogP contribution is 2.23. The molecule has 31 heavy (non-hydrogen) atoms. The van der Waals surface area contributed by atoms with Crippen LogP contribution in [0, 0.1) is 5.92 Å². The van der Waals surface area contributed by atoms with Crippen LogP contribution in [0.2, 0.25) is 0 Å². The third kappa shape index (κ3) is 9.34. The van der Waals surface area contributed by atoms with Crippen molar-refractivity contribution < 1.29 is 17.9 Å². The molecule has 2 aromatic rings. The van der Waals surface area contributed by atoms with Crippen molar-refractivity contribution in [3.05, 3.63) is 65.7 Å². The lowest BCUT2D eigenvalue weighted by molar-refractivity contribution is -0.274. The van der Waals surface area contributed by atoms with Crippen molar-refractivity contribution in [3.63, 3.8) is 0 Å². The molecule has 170 valence electrons. The number of halogens is 4. The molecule has 3 rings (SSSR count). The standard InChI is InChI=1S/C22H27F3N4O.HI/c23-22(24,25)30-20-8-6-18(7-9-20)14-27-21(26)28-15-19-11-13-29(16-19)12-10-17-4-2-1-3-5-17;/h1-9,19H,10-16H2,(H3,26,27,28);1H. The van der Waals surface area contributed by atoms with E-state index >= 15 is 0 Å². The zero-order valence-corrected chi connectivity index (χ0v) is 19.5. The Labute approximate surface area is 197 Å². The van der Waals surface area contributed by atoms with Crippen LogP contribution in [0.15, 0.2) is 59.6 Å². The van der Waals surface area contributed by atoms with E-state index in [-0.39, 0.29) is 29.7 Å². The van der Waals surface area contributed by atoms with E-state index in [1.54, 1.807) is 12.1 Å². The molecule has 1 heterocycles. The zero-order valence-electron chi connectivity index (χ0n) is 17.1. The van der Waals surface area contributed by atoms with Crippen molar-refractivity contribution in [2.24, 2.45) is 16.6 Å². The number of aliphatic imine (C=N–C) groups is 1. The summed E-state index contributed by atoms with van der Waals surface area (Å²) in [7, 11) is 0. The molecule has 1 aliphatic heterocycles. The first kappa shape index (κ1) is 25.3. The molecule has 1 saturated heterocycles. The highest BCUT2D eigenvalue weighted by atomic mass is 127. The number of rotatable bonds is 8. The van der Waals surface area contributed by atoms with E-state index in [2.05, 4.69) is 44.2 Å². The molecule has 0 bridgehead atoms. The number of hydrogen-bond donors (Lipinski definition) is 2. The maximum absolute atomic E-state index is 12.2. The van der Waals surface area contributed by atoms with Crippen molar-refractivity contribution in [1.82, 2.24) is 10.2 Å². The Morgan fingerprint density at radius 2 is 1.81 bits per heavy atom. The number of nitrogens with zero attached hydrogens (tertiary/aromatic N) is 2. The van der Waals surface area contributed by atoms with Gasteiger partial charge >= 0.3 is 6.36 Å². The van der Waals surface area contributed by atoms with Crippen LogP contribution in [0.5, 0.6) is 5.75 Å². The largest absolute Gasteiger partial charge is 0.573 e. The summed E-state index contributed by atoms with van der Waals surface area (Å²) in [6.07, 6.45) is -2.52. The van der Waals surface area contributed by atoms with Gasteiger partial charge in [-0.25, -0.2) is 4.99 Å². The summed E-state index contributed by atoms with van der Waals surface area (Å²) in [5.74, 6) is 0.612. The monoisotopic (exact) mass is 548 g/mol. The van der Waals surface area contributed by atoms with Gasteiger partial charge in [-0.3, -0.25) is 0 Å². The summed E-state index contributed by atoms with van der Waals surface area (Å²) in [5, 5.41) is 3.16. The highest BCUT2D eigenvalue weighted by Gasteiger charge is 2.30. The van der Waals surface area contributed by atoms with Crippen LogP contribution >= 0.6 is 24.0 Å². The van der Waals surface area contributed by atoms with Crippen LogP contribution in [-0.2, 0) is 13.0 Å². The Balaban J connectivity index is 0.00000341. The topological polar surface area (TPSA) is 62.9 Å². The molecule has 0 radical (unpaired) electrons. The van der Waals surface area contributed by atoms with Gasteiger partial charge in [0.25, 0.3) is 0 Å². The predicted octanol–water partition coefficient (Wildman–Crippen LogP) is 4.17. The molecule has 0 aromatic heterocycles. The van der Waals surface area contributed by atoms with E-state index in [1.807, 2.05) is 6.07 Å². The molecule has 0 spiro atoms. The minimum absolute atomic E-state index is 0. The second-order valence-corrected chi connectivity index (χ2v) is 7.47. The molecular formula is C22H28F3IN4O. The normalized spacial score (nSPS) is 17.3. The van der Waals surface area contributed by atoms with Crippen LogP contribution in [0.25, 0.3) is 0 Å². The van der Waals surface area contributed by atoms with Gasteiger partial charge in [0.2, 0.25) is 0 Å². The lowest BCUT2D eigenvalue weighted by Gasteiger charge is -2.16. The fraction of sp³-hybridized carbons (Fsp3) is 0.409. The fourth-order valence-electron chi connectivity index (χ4n) is 3.49.